The average Bonchev–Trinajstić information content (AvgIpc) is 1.38. The second kappa shape index (κ2) is 5.69. The van der Waals surface area contributed by atoms with E-state index in [-0.39, 0.29) is 35.5 Å². The first-order valence-electron chi connectivity index (χ1n) is 1.32. The molecule has 0 unspecified atom stereocenters. The van der Waals surface area contributed by atoms with Gasteiger partial charge in [0.15, 0.2) is 0 Å². The van der Waals surface area contributed by atoms with E-state index in [2.05, 4.69) is 4.43 Å². The van der Waals surface area contributed by atoms with E-state index in [0.717, 1.165) is 0 Å². The summed E-state index contributed by atoms with van der Waals surface area (Å²) in [5, 5.41) is 0. The number of carbonyl (C=O) groups is 1. The zero-order valence-electron chi connectivity index (χ0n) is 3.32. The van der Waals surface area contributed by atoms with E-state index in [1.54, 1.807) is 0 Å². The van der Waals surface area contributed by atoms with Gasteiger partial charge in [-0.3, -0.25) is 4.79 Å². The van der Waals surface area contributed by atoms with Gasteiger partial charge in [-0.2, -0.15) is 0 Å². The molecule has 0 N–H and O–H groups in total. The van der Waals surface area contributed by atoms with Gasteiger partial charge in [-0.1, -0.05) is 0 Å². The van der Waals surface area contributed by atoms with Gasteiger partial charge in [0.1, 0.15) is 0 Å². The van der Waals surface area contributed by atoms with Crippen molar-refractivity contribution in [3.8, 4) is 0 Å². The molecule has 0 aromatic rings. The van der Waals surface area contributed by atoms with Gasteiger partial charge in [0.25, 0.3) is 5.97 Å². The van der Waals surface area contributed by atoms with Crippen LogP contribution in [0.2, 0.25) is 0 Å². The first kappa shape index (κ1) is 9.84. The van der Waals surface area contributed by atoms with E-state index in [0.29, 0.717) is 10.5 Å². The van der Waals surface area contributed by atoms with Gasteiger partial charge in [0.05, 0.1) is 0 Å². The van der Waals surface area contributed by atoms with Crippen molar-refractivity contribution in [2.24, 2.45) is 0 Å². The summed E-state index contributed by atoms with van der Waals surface area (Å²) in [4.78, 5) is 9.62. The van der Waals surface area contributed by atoms with Gasteiger partial charge in [-0.05, 0) is 0 Å². The Balaban J connectivity index is 0. The van der Waals surface area contributed by atoms with Crippen LogP contribution in [-0.4, -0.2) is 46.0 Å². The summed E-state index contributed by atoms with van der Waals surface area (Å²) in [6, 6.07) is 0. The van der Waals surface area contributed by atoms with Crippen molar-refractivity contribution in [2.45, 2.75) is 6.92 Å². The van der Waals surface area contributed by atoms with Crippen LogP contribution in [0.25, 0.3) is 0 Å². The van der Waals surface area contributed by atoms with Crippen molar-refractivity contribution in [2.75, 3.05) is 0 Å². The number of hydrogen-bond donors (Lipinski definition) is 0. The molecule has 0 atom stereocenters. The topological polar surface area (TPSA) is 26.3 Å². The summed E-state index contributed by atoms with van der Waals surface area (Å²) in [5.41, 5.74) is 0. The molecule has 0 amide bonds. The summed E-state index contributed by atoms with van der Waals surface area (Å²) in [6.45, 7) is 1.40. The number of hydrogen-bond acceptors (Lipinski definition) is 2. The molecule has 0 rings (SSSR count). The van der Waals surface area contributed by atoms with Crippen molar-refractivity contribution >= 4 is 46.0 Å². The minimum atomic E-state index is -0.184. The van der Waals surface area contributed by atoms with E-state index >= 15 is 0 Å². The summed E-state index contributed by atoms with van der Waals surface area (Å²) in [6.07, 6.45) is 0. The van der Waals surface area contributed by atoms with E-state index in [9.17, 15) is 4.79 Å². The zero-order chi connectivity index (χ0) is 4.28. The Kier molecular flexibility index (Phi) is 9.33. The second-order valence-electron chi connectivity index (χ2n) is 0.696. The van der Waals surface area contributed by atoms with Crippen LogP contribution in [0.15, 0.2) is 0 Å². The van der Waals surface area contributed by atoms with E-state index in [4.69, 9.17) is 0 Å². The van der Waals surface area contributed by atoms with Crippen LogP contribution < -0.4 is 0 Å². The first-order chi connectivity index (χ1) is 2.27. The normalized spacial score (nSPS) is 6.17. The fourth-order valence-electron chi connectivity index (χ4n) is 0. The van der Waals surface area contributed by atoms with Gasteiger partial charge in [-0.25, -0.2) is 0 Å². The first-order valence-corrected chi connectivity index (χ1v) is 2.13. The molecule has 0 aliphatic rings. The summed E-state index contributed by atoms with van der Waals surface area (Å²) < 4.78 is 4.25. The molecule has 0 spiro atoms. The Morgan fingerprint density at radius 2 is 2.00 bits per heavy atom. The molecule has 0 heterocycles. The van der Waals surface area contributed by atoms with Crippen molar-refractivity contribution in [1.29, 1.82) is 0 Å². The molecule has 0 aliphatic heterocycles. The molecule has 0 radical (unpaired) electrons. The van der Waals surface area contributed by atoms with Crippen LogP contribution in [0.3, 0.4) is 0 Å². The van der Waals surface area contributed by atoms with Crippen LogP contribution in [0.4, 0.5) is 0 Å². The van der Waals surface area contributed by atoms with E-state index in [1.165, 1.54) is 6.92 Å². The van der Waals surface area contributed by atoms with E-state index in [1.807, 2.05) is 0 Å². The maximum atomic E-state index is 9.62. The summed E-state index contributed by atoms with van der Waals surface area (Å²) in [7, 11) is 0.524. The third kappa shape index (κ3) is 8.82. The predicted molar refractivity (Wildman–Crippen MR) is 28.9 cm³/mol. The van der Waals surface area contributed by atoms with Crippen molar-refractivity contribution in [3.63, 3.8) is 0 Å². The summed E-state index contributed by atoms with van der Waals surface area (Å²) in [5.74, 6) is -0.184. The Bertz CT molecular complexity index is 46.8. The maximum absolute atomic E-state index is 9.62. The minimum absolute atomic E-state index is 0. The monoisotopic (exact) mass is 114 g/mol. The molecule has 32 valence electrons. The quantitative estimate of drug-likeness (QED) is 0.347. The van der Waals surface area contributed by atoms with Crippen LogP contribution in [0.1, 0.15) is 6.92 Å². The average molecular weight is 114 g/mol. The Morgan fingerprint density at radius 1 is 1.83 bits per heavy atom. The SMILES string of the molecule is CC(=O)O[SiH3].[NaH]. The molecule has 4 heteroatoms. The Hall–Kier alpha value is 0.687. The van der Waals surface area contributed by atoms with Crippen LogP contribution in [0, 0.1) is 0 Å². The molecule has 0 saturated heterocycles. The molecule has 2 nitrogen and oxygen atoms in total. The van der Waals surface area contributed by atoms with Gasteiger partial charge in [-0.15, -0.1) is 0 Å². The van der Waals surface area contributed by atoms with E-state index < -0.39 is 0 Å². The summed E-state index contributed by atoms with van der Waals surface area (Å²) >= 11 is 0. The standard InChI is InChI=1S/C2H6O2Si.Na.H/c1-2(3)4-5;;/h1,5H3;;. The van der Waals surface area contributed by atoms with Crippen molar-refractivity contribution in [1.82, 2.24) is 0 Å². The van der Waals surface area contributed by atoms with Gasteiger partial charge in [0, 0.05) is 6.92 Å². The second-order valence-corrected chi connectivity index (χ2v) is 1.10. The Labute approximate surface area is 62.1 Å². The molecular formula is C2H7NaO2Si. The molecule has 0 fully saturated rings. The van der Waals surface area contributed by atoms with Crippen LogP contribution in [0.5, 0.6) is 0 Å². The predicted octanol–water partition coefficient (Wildman–Crippen LogP) is -1.82. The number of rotatable bonds is 0. The van der Waals surface area contributed by atoms with Gasteiger partial charge >= 0.3 is 29.6 Å². The molecule has 0 aromatic carbocycles. The van der Waals surface area contributed by atoms with Crippen molar-refractivity contribution in [3.05, 3.63) is 0 Å². The molecule has 0 saturated carbocycles. The fourth-order valence-corrected chi connectivity index (χ4v) is 0. The molecule has 0 bridgehead atoms. The van der Waals surface area contributed by atoms with Crippen LogP contribution in [-0.2, 0) is 9.22 Å². The Morgan fingerprint density at radius 3 is 2.00 bits per heavy atom. The third-order valence-electron chi connectivity index (χ3n) is 0.287. The molecule has 0 aromatic heterocycles. The molecule has 0 aliphatic carbocycles. The fraction of sp³-hybridized carbons (Fsp3) is 0.500. The zero-order valence-corrected chi connectivity index (χ0v) is 5.32. The van der Waals surface area contributed by atoms with Gasteiger partial charge < -0.3 is 4.43 Å². The third-order valence-corrected chi connectivity index (χ3v) is 0.862. The van der Waals surface area contributed by atoms with Crippen molar-refractivity contribution < 1.29 is 9.22 Å². The van der Waals surface area contributed by atoms with Crippen LogP contribution >= 0.6 is 0 Å². The molecule has 6 heavy (non-hydrogen) atoms. The molecular weight excluding hydrogens is 107 g/mol. The number of carbonyl (C=O) groups excluding carboxylic acids is 1. The van der Waals surface area contributed by atoms with Gasteiger partial charge in [0.2, 0.25) is 10.5 Å².